The fraction of sp³-hybridized carbons (Fsp3) is 0.875. The maximum atomic E-state index is 11.1. The van der Waals surface area contributed by atoms with Gasteiger partial charge in [0.15, 0.2) is 4.93 Å². The molecule has 0 spiro atoms. The third-order valence-corrected chi connectivity index (χ3v) is 3.85. The highest BCUT2D eigenvalue weighted by Gasteiger charge is 2.53. The molecule has 0 aliphatic carbocycles. The van der Waals surface area contributed by atoms with Crippen molar-refractivity contribution < 1.29 is 19.0 Å². The molecule has 0 bridgehead atoms. The molecule has 1 rings (SSSR count). The van der Waals surface area contributed by atoms with Gasteiger partial charge in [-0.25, -0.2) is 0 Å². The fourth-order valence-corrected chi connectivity index (χ4v) is 2.10. The average molecular weight is 206 g/mol. The van der Waals surface area contributed by atoms with Crippen molar-refractivity contribution in [3.05, 3.63) is 0 Å². The summed E-state index contributed by atoms with van der Waals surface area (Å²) in [6.07, 6.45) is 0. The second-order valence-electron chi connectivity index (χ2n) is 3.06. The van der Waals surface area contributed by atoms with E-state index in [0.717, 1.165) is 0 Å². The summed E-state index contributed by atoms with van der Waals surface area (Å²) in [5, 5.41) is 0. The number of methoxy groups -OCH3 is 2. The van der Waals surface area contributed by atoms with E-state index in [1.54, 1.807) is 14.0 Å². The zero-order valence-electron chi connectivity index (χ0n) is 8.25. The summed E-state index contributed by atoms with van der Waals surface area (Å²) >= 11 is 1.38. The van der Waals surface area contributed by atoms with Crippen LogP contribution in [-0.2, 0) is 19.0 Å². The van der Waals surface area contributed by atoms with E-state index in [4.69, 9.17) is 14.2 Å². The van der Waals surface area contributed by atoms with Crippen molar-refractivity contribution in [3.63, 3.8) is 0 Å². The summed E-state index contributed by atoms with van der Waals surface area (Å²) in [7, 11) is 3.07. The second kappa shape index (κ2) is 3.48. The van der Waals surface area contributed by atoms with Crippen LogP contribution < -0.4 is 0 Å². The van der Waals surface area contributed by atoms with E-state index in [-0.39, 0.29) is 5.97 Å². The van der Waals surface area contributed by atoms with Crippen LogP contribution in [0.1, 0.15) is 13.8 Å². The summed E-state index contributed by atoms with van der Waals surface area (Å²) < 4.78 is 15.6. The highest BCUT2D eigenvalue weighted by atomic mass is 32.2. The molecule has 2 atom stereocenters. The Hall–Kier alpha value is -0.260. The lowest BCUT2D eigenvalue weighted by Crippen LogP contribution is -2.56. The van der Waals surface area contributed by atoms with Crippen molar-refractivity contribution in [3.8, 4) is 0 Å². The summed E-state index contributed by atoms with van der Waals surface area (Å²) in [4.78, 5) is 10.4. The summed E-state index contributed by atoms with van der Waals surface area (Å²) in [5.41, 5.74) is 0. The van der Waals surface area contributed by atoms with Crippen LogP contribution in [0.4, 0.5) is 0 Å². The number of cyclic esters (lactones) is 1. The third kappa shape index (κ3) is 1.68. The number of rotatable bonds is 2. The van der Waals surface area contributed by atoms with Gasteiger partial charge in [-0.05, 0) is 6.92 Å². The van der Waals surface area contributed by atoms with Crippen LogP contribution in [0, 0.1) is 0 Å². The zero-order chi connectivity index (χ0) is 10.1. The smallest absolute Gasteiger partial charge is 0.318 e. The highest BCUT2D eigenvalue weighted by molar-refractivity contribution is 8.01. The topological polar surface area (TPSA) is 44.8 Å². The first kappa shape index (κ1) is 10.8. The number of carbonyl (C=O) groups excluding carboxylic acids is 1. The van der Waals surface area contributed by atoms with E-state index < -0.39 is 10.7 Å². The number of hydrogen-bond acceptors (Lipinski definition) is 5. The molecule has 1 aliphatic rings. The molecular formula is C8H14O4S. The molecule has 0 aromatic carbocycles. The Morgan fingerprint density at radius 3 is 2.46 bits per heavy atom. The Balaban J connectivity index is 2.90. The predicted octanol–water partition coefficient (Wildman–Crippen LogP) is 1.00. The van der Waals surface area contributed by atoms with Crippen LogP contribution in [0.15, 0.2) is 0 Å². The third-order valence-electron chi connectivity index (χ3n) is 2.38. The van der Waals surface area contributed by atoms with Crippen molar-refractivity contribution in [2.75, 3.05) is 20.0 Å². The van der Waals surface area contributed by atoms with Crippen molar-refractivity contribution >= 4 is 17.7 Å². The van der Waals surface area contributed by atoms with Crippen LogP contribution in [-0.4, -0.2) is 36.7 Å². The molecule has 0 unspecified atom stereocenters. The lowest BCUT2D eigenvalue weighted by Gasteiger charge is -2.45. The SMILES string of the molecule is CO[C@@]1(C)OC(=O)CS[C@]1(C)OC. The lowest BCUT2D eigenvalue weighted by atomic mass is 10.2. The molecule has 0 radical (unpaired) electrons. The molecule has 0 saturated carbocycles. The molecule has 0 aromatic heterocycles. The number of carbonyl (C=O) groups is 1. The maximum Gasteiger partial charge on any atom is 0.318 e. The number of esters is 1. The van der Waals surface area contributed by atoms with Gasteiger partial charge in [0.2, 0.25) is 5.79 Å². The van der Waals surface area contributed by atoms with E-state index in [0.29, 0.717) is 5.75 Å². The standard InChI is InChI=1S/C8H14O4S/c1-7(10-3)8(2,11-4)13-5-6(9)12-7/h5H2,1-4H3/t7-,8-/m0/s1. The molecule has 1 aliphatic heterocycles. The molecule has 1 heterocycles. The first-order valence-electron chi connectivity index (χ1n) is 3.93. The molecule has 13 heavy (non-hydrogen) atoms. The van der Waals surface area contributed by atoms with Gasteiger partial charge in [0.1, 0.15) is 0 Å². The van der Waals surface area contributed by atoms with Crippen LogP contribution in [0.2, 0.25) is 0 Å². The van der Waals surface area contributed by atoms with Crippen molar-refractivity contribution in [1.82, 2.24) is 0 Å². The molecule has 0 N–H and O–H groups in total. The second-order valence-corrected chi connectivity index (χ2v) is 4.42. The summed E-state index contributed by atoms with van der Waals surface area (Å²) in [6, 6.07) is 0. The highest BCUT2D eigenvalue weighted by Crippen LogP contribution is 2.43. The van der Waals surface area contributed by atoms with Gasteiger partial charge >= 0.3 is 5.97 Å². The molecule has 76 valence electrons. The Bertz CT molecular complexity index is 220. The first-order chi connectivity index (χ1) is 5.97. The predicted molar refractivity (Wildman–Crippen MR) is 49.4 cm³/mol. The van der Waals surface area contributed by atoms with Gasteiger partial charge in [-0.15, -0.1) is 11.8 Å². The Kier molecular flexibility index (Phi) is 2.89. The zero-order valence-corrected chi connectivity index (χ0v) is 9.06. The Morgan fingerprint density at radius 1 is 1.38 bits per heavy atom. The van der Waals surface area contributed by atoms with Gasteiger partial charge in [-0.3, -0.25) is 4.79 Å². The minimum Gasteiger partial charge on any atom is -0.429 e. The van der Waals surface area contributed by atoms with Crippen molar-refractivity contribution in [2.24, 2.45) is 0 Å². The molecule has 0 amide bonds. The molecular weight excluding hydrogens is 192 g/mol. The van der Waals surface area contributed by atoms with Crippen molar-refractivity contribution in [1.29, 1.82) is 0 Å². The van der Waals surface area contributed by atoms with Gasteiger partial charge in [0.25, 0.3) is 0 Å². The van der Waals surface area contributed by atoms with Crippen LogP contribution in [0.3, 0.4) is 0 Å². The van der Waals surface area contributed by atoms with Gasteiger partial charge in [-0.1, -0.05) is 0 Å². The molecule has 1 fully saturated rings. The van der Waals surface area contributed by atoms with Crippen LogP contribution in [0.5, 0.6) is 0 Å². The van der Waals surface area contributed by atoms with E-state index in [1.165, 1.54) is 18.9 Å². The largest absolute Gasteiger partial charge is 0.429 e. The first-order valence-corrected chi connectivity index (χ1v) is 4.92. The normalized spacial score (nSPS) is 40.2. The van der Waals surface area contributed by atoms with Crippen molar-refractivity contribution in [2.45, 2.75) is 24.6 Å². The quantitative estimate of drug-likeness (QED) is 0.631. The fourth-order valence-electron chi connectivity index (χ4n) is 1.14. The summed E-state index contributed by atoms with van der Waals surface area (Å²) in [6.45, 7) is 3.54. The molecule has 1 saturated heterocycles. The minimum atomic E-state index is -1.01. The van der Waals surface area contributed by atoms with E-state index in [2.05, 4.69) is 0 Å². The van der Waals surface area contributed by atoms with Gasteiger partial charge < -0.3 is 14.2 Å². The molecule has 4 nitrogen and oxygen atoms in total. The number of thioether (sulfide) groups is 1. The van der Waals surface area contributed by atoms with Gasteiger partial charge in [-0.2, -0.15) is 0 Å². The number of hydrogen-bond donors (Lipinski definition) is 0. The van der Waals surface area contributed by atoms with E-state index >= 15 is 0 Å². The number of ether oxygens (including phenoxy) is 3. The van der Waals surface area contributed by atoms with Crippen LogP contribution >= 0.6 is 11.8 Å². The Morgan fingerprint density at radius 2 is 2.00 bits per heavy atom. The molecule has 0 aromatic rings. The monoisotopic (exact) mass is 206 g/mol. The lowest BCUT2D eigenvalue weighted by molar-refractivity contribution is -0.264. The average Bonchev–Trinajstić information content (AvgIpc) is 2.12. The van der Waals surface area contributed by atoms with Gasteiger partial charge in [0, 0.05) is 21.1 Å². The van der Waals surface area contributed by atoms with E-state index in [1.807, 2.05) is 6.92 Å². The van der Waals surface area contributed by atoms with Crippen LogP contribution in [0.25, 0.3) is 0 Å². The Labute approximate surface area is 81.9 Å². The minimum absolute atomic E-state index is 0.274. The van der Waals surface area contributed by atoms with E-state index in [9.17, 15) is 4.79 Å². The van der Waals surface area contributed by atoms with Gasteiger partial charge in [0.05, 0.1) is 5.75 Å². The maximum absolute atomic E-state index is 11.1. The summed E-state index contributed by atoms with van der Waals surface area (Å²) in [5.74, 6) is -0.991. The molecule has 5 heteroatoms.